The number of ether oxygens (including phenoxy) is 1. The van der Waals surface area contributed by atoms with Gasteiger partial charge in [-0.25, -0.2) is 0 Å². The van der Waals surface area contributed by atoms with Crippen molar-refractivity contribution in [1.29, 1.82) is 0 Å². The van der Waals surface area contributed by atoms with Crippen LogP contribution in [0.2, 0.25) is 0 Å². The number of benzene rings is 2. The highest BCUT2D eigenvalue weighted by atomic mass is 16.5. The monoisotopic (exact) mass is 339 g/mol. The maximum Gasteiger partial charge on any atom is 0.227 e. The topological polar surface area (TPSA) is 29.5 Å². The zero-order valence-electron chi connectivity index (χ0n) is 16.0. The SMILES string of the molecule is Cc1ccccc1O[C@H](CCN(C)C(=O)C(C)(C)C)c1ccccc1. The quantitative estimate of drug-likeness (QED) is 0.740. The molecule has 3 nitrogen and oxygen atoms in total. The van der Waals surface area contributed by atoms with Crippen LogP contribution >= 0.6 is 0 Å². The smallest absolute Gasteiger partial charge is 0.227 e. The van der Waals surface area contributed by atoms with E-state index in [2.05, 4.69) is 12.1 Å². The summed E-state index contributed by atoms with van der Waals surface area (Å²) in [5.41, 5.74) is 1.87. The first-order chi connectivity index (χ1) is 11.8. The number of carbonyl (C=O) groups is 1. The molecule has 0 radical (unpaired) electrons. The summed E-state index contributed by atoms with van der Waals surface area (Å²) in [7, 11) is 1.86. The molecule has 3 heteroatoms. The van der Waals surface area contributed by atoms with E-state index in [0.717, 1.165) is 23.3 Å². The average Bonchev–Trinajstić information content (AvgIpc) is 2.59. The number of aryl methyl sites for hydroxylation is 1. The fourth-order valence-corrected chi connectivity index (χ4v) is 2.79. The fraction of sp³-hybridized carbons (Fsp3) is 0.409. The third-order valence-corrected chi connectivity index (χ3v) is 4.25. The summed E-state index contributed by atoms with van der Waals surface area (Å²) in [6, 6.07) is 18.2. The second-order valence-corrected chi connectivity index (χ2v) is 7.55. The molecule has 2 aromatic rings. The number of carbonyl (C=O) groups excluding carboxylic acids is 1. The van der Waals surface area contributed by atoms with Crippen LogP contribution in [0, 0.1) is 12.3 Å². The minimum absolute atomic E-state index is 0.0856. The van der Waals surface area contributed by atoms with Gasteiger partial charge in [0.1, 0.15) is 11.9 Å². The van der Waals surface area contributed by atoms with E-state index >= 15 is 0 Å². The number of nitrogens with zero attached hydrogens (tertiary/aromatic N) is 1. The van der Waals surface area contributed by atoms with E-state index in [4.69, 9.17) is 4.74 Å². The van der Waals surface area contributed by atoms with Gasteiger partial charge in [0, 0.05) is 25.4 Å². The minimum atomic E-state index is -0.367. The van der Waals surface area contributed by atoms with Crippen LogP contribution in [0.1, 0.15) is 44.4 Å². The van der Waals surface area contributed by atoms with Gasteiger partial charge in [-0.1, -0.05) is 69.3 Å². The molecule has 0 heterocycles. The highest BCUT2D eigenvalue weighted by molar-refractivity contribution is 5.81. The Bertz CT molecular complexity index is 689. The fourth-order valence-electron chi connectivity index (χ4n) is 2.79. The summed E-state index contributed by atoms with van der Waals surface area (Å²) in [6.07, 6.45) is 0.661. The van der Waals surface area contributed by atoms with Crippen LogP contribution in [0.25, 0.3) is 0 Å². The minimum Gasteiger partial charge on any atom is -0.485 e. The Balaban J connectivity index is 2.13. The predicted molar refractivity (Wildman–Crippen MR) is 103 cm³/mol. The Labute approximate surface area is 151 Å². The summed E-state index contributed by atoms with van der Waals surface area (Å²) in [5.74, 6) is 1.04. The molecular formula is C22H29NO2. The Kier molecular flexibility index (Phi) is 6.24. The Morgan fingerprint density at radius 1 is 1.04 bits per heavy atom. The van der Waals surface area contributed by atoms with E-state index in [-0.39, 0.29) is 17.4 Å². The van der Waals surface area contributed by atoms with Crippen LogP contribution < -0.4 is 4.74 Å². The molecule has 0 fully saturated rings. The number of amides is 1. The molecule has 2 aromatic carbocycles. The summed E-state index contributed by atoms with van der Waals surface area (Å²) in [4.78, 5) is 14.2. The summed E-state index contributed by atoms with van der Waals surface area (Å²) >= 11 is 0. The third-order valence-electron chi connectivity index (χ3n) is 4.25. The molecule has 1 atom stereocenters. The van der Waals surface area contributed by atoms with Crippen molar-refractivity contribution in [2.75, 3.05) is 13.6 Å². The van der Waals surface area contributed by atoms with Crippen LogP contribution in [0.3, 0.4) is 0 Å². The molecule has 0 aliphatic carbocycles. The highest BCUT2D eigenvalue weighted by Gasteiger charge is 2.25. The first kappa shape index (κ1) is 19.0. The van der Waals surface area contributed by atoms with Crippen LogP contribution in [0.5, 0.6) is 5.75 Å². The van der Waals surface area contributed by atoms with E-state index in [1.807, 2.05) is 77.2 Å². The van der Waals surface area contributed by atoms with E-state index < -0.39 is 0 Å². The number of para-hydroxylation sites is 1. The van der Waals surface area contributed by atoms with Crippen molar-refractivity contribution < 1.29 is 9.53 Å². The molecule has 0 aliphatic rings. The van der Waals surface area contributed by atoms with Crippen molar-refractivity contribution in [3.63, 3.8) is 0 Å². The van der Waals surface area contributed by atoms with Gasteiger partial charge in [-0.2, -0.15) is 0 Å². The third kappa shape index (κ3) is 5.35. The Morgan fingerprint density at radius 2 is 1.64 bits per heavy atom. The van der Waals surface area contributed by atoms with Crippen molar-refractivity contribution >= 4 is 5.91 Å². The van der Waals surface area contributed by atoms with Crippen molar-refractivity contribution in [2.24, 2.45) is 5.41 Å². The van der Waals surface area contributed by atoms with Crippen molar-refractivity contribution in [3.8, 4) is 5.75 Å². The predicted octanol–water partition coefficient (Wildman–Crippen LogP) is 5.01. The lowest BCUT2D eigenvalue weighted by Gasteiger charge is -2.28. The van der Waals surface area contributed by atoms with E-state index in [0.29, 0.717) is 6.54 Å². The van der Waals surface area contributed by atoms with Gasteiger partial charge in [-0.05, 0) is 24.1 Å². The van der Waals surface area contributed by atoms with E-state index in [9.17, 15) is 4.79 Å². The van der Waals surface area contributed by atoms with Gasteiger partial charge in [-0.3, -0.25) is 4.79 Å². The number of hydrogen-bond donors (Lipinski definition) is 0. The Morgan fingerprint density at radius 3 is 2.24 bits per heavy atom. The molecule has 1 amide bonds. The Hall–Kier alpha value is -2.29. The number of rotatable bonds is 6. The lowest BCUT2D eigenvalue weighted by Crippen LogP contribution is -2.37. The molecule has 0 aliphatic heterocycles. The van der Waals surface area contributed by atoms with E-state index in [1.165, 1.54) is 0 Å². The van der Waals surface area contributed by atoms with Gasteiger partial charge in [0.05, 0.1) is 0 Å². The summed E-state index contributed by atoms with van der Waals surface area (Å²) in [6.45, 7) is 8.55. The van der Waals surface area contributed by atoms with Crippen molar-refractivity contribution in [1.82, 2.24) is 4.90 Å². The molecule has 0 bridgehead atoms. The molecule has 2 rings (SSSR count). The largest absolute Gasteiger partial charge is 0.485 e. The average molecular weight is 339 g/mol. The lowest BCUT2D eigenvalue weighted by molar-refractivity contribution is -0.138. The summed E-state index contributed by atoms with van der Waals surface area (Å²) < 4.78 is 6.31. The first-order valence-corrected chi connectivity index (χ1v) is 8.82. The lowest BCUT2D eigenvalue weighted by atomic mass is 9.94. The first-order valence-electron chi connectivity index (χ1n) is 8.82. The molecule has 0 unspecified atom stereocenters. The second-order valence-electron chi connectivity index (χ2n) is 7.55. The summed E-state index contributed by atoms with van der Waals surface area (Å²) in [5, 5.41) is 0. The van der Waals surface area contributed by atoms with Crippen LogP contribution in [-0.2, 0) is 4.79 Å². The van der Waals surface area contributed by atoms with Gasteiger partial charge in [0.25, 0.3) is 0 Å². The molecule has 134 valence electrons. The normalized spacial score (nSPS) is 12.5. The van der Waals surface area contributed by atoms with Gasteiger partial charge in [0.2, 0.25) is 5.91 Å². The van der Waals surface area contributed by atoms with Gasteiger partial charge >= 0.3 is 0 Å². The van der Waals surface area contributed by atoms with E-state index in [1.54, 1.807) is 4.90 Å². The zero-order chi connectivity index (χ0) is 18.4. The number of hydrogen-bond acceptors (Lipinski definition) is 2. The zero-order valence-corrected chi connectivity index (χ0v) is 16.0. The standard InChI is InChI=1S/C22H29NO2/c1-17-11-9-10-14-19(17)25-20(18-12-7-6-8-13-18)15-16-23(5)21(24)22(2,3)4/h6-14,20H,15-16H2,1-5H3/t20-/m1/s1. The van der Waals surface area contributed by atoms with Gasteiger partial charge in [0.15, 0.2) is 0 Å². The maximum atomic E-state index is 12.4. The molecule has 0 saturated heterocycles. The van der Waals surface area contributed by atoms with Gasteiger partial charge < -0.3 is 9.64 Å². The van der Waals surface area contributed by atoms with Crippen molar-refractivity contribution in [2.45, 2.75) is 40.2 Å². The van der Waals surface area contributed by atoms with Crippen LogP contribution in [0.15, 0.2) is 54.6 Å². The molecule has 0 spiro atoms. The van der Waals surface area contributed by atoms with Crippen LogP contribution in [-0.4, -0.2) is 24.4 Å². The molecule has 0 aromatic heterocycles. The van der Waals surface area contributed by atoms with Gasteiger partial charge in [-0.15, -0.1) is 0 Å². The van der Waals surface area contributed by atoms with Crippen molar-refractivity contribution in [3.05, 3.63) is 65.7 Å². The maximum absolute atomic E-state index is 12.4. The molecule has 25 heavy (non-hydrogen) atoms. The molecule has 0 N–H and O–H groups in total. The molecule has 0 saturated carbocycles. The highest BCUT2D eigenvalue weighted by Crippen LogP contribution is 2.28. The second kappa shape index (κ2) is 8.19. The van der Waals surface area contributed by atoms with Crippen LogP contribution in [0.4, 0.5) is 0 Å². The molecular weight excluding hydrogens is 310 g/mol.